The highest BCUT2D eigenvalue weighted by Gasteiger charge is 2.20. The highest BCUT2D eigenvalue weighted by Crippen LogP contribution is 2.21. The summed E-state index contributed by atoms with van der Waals surface area (Å²) in [6.45, 7) is 0.730. The second-order valence-electron chi connectivity index (χ2n) is 6.09. The first-order valence-corrected chi connectivity index (χ1v) is 9.36. The van der Waals surface area contributed by atoms with E-state index in [1.54, 1.807) is 0 Å². The number of hydrogen-bond donors (Lipinski definition) is 6. The summed E-state index contributed by atoms with van der Waals surface area (Å²) in [5, 5.41) is 12.4. The third kappa shape index (κ3) is 5.70. The Kier molecular flexibility index (Phi) is 7.59. The van der Waals surface area contributed by atoms with E-state index in [4.69, 9.17) is 11.6 Å². The number of aromatic amines is 1. The van der Waals surface area contributed by atoms with Crippen LogP contribution in [0.25, 0.3) is 5.70 Å². The molecule has 0 fully saturated rings. The molecule has 1 amide bonds. The molecule has 0 radical (unpaired) electrons. The highest BCUT2D eigenvalue weighted by atomic mass is 32.2. The summed E-state index contributed by atoms with van der Waals surface area (Å²) in [5.41, 5.74) is 6.68. The number of nitrogens with two attached hydrogens (primary N) is 2. The van der Waals surface area contributed by atoms with Gasteiger partial charge in [-0.1, -0.05) is 17.8 Å². The highest BCUT2D eigenvalue weighted by molar-refractivity contribution is 7.99. The molecule has 0 spiro atoms. The van der Waals surface area contributed by atoms with Gasteiger partial charge in [-0.25, -0.2) is 4.39 Å². The molecule has 10 nitrogen and oxygen atoms in total. The van der Waals surface area contributed by atoms with Crippen molar-refractivity contribution in [3.05, 3.63) is 51.7 Å². The second kappa shape index (κ2) is 9.91. The lowest BCUT2D eigenvalue weighted by Crippen LogP contribution is -2.25. The van der Waals surface area contributed by atoms with Crippen molar-refractivity contribution in [2.24, 2.45) is 11.6 Å². The molecule has 0 atom stereocenters. The molecule has 0 aliphatic rings. The predicted molar refractivity (Wildman–Crippen MR) is 110 cm³/mol. The molecule has 1 aromatic heterocycles. The minimum Gasteiger partial charge on any atom is -0.493 e. The van der Waals surface area contributed by atoms with Gasteiger partial charge in [-0.05, 0) is 26.2 Å². The molecule has 0 aliphatic heterocycles. The van der Waals surface area contributed by atoms with Gasteiger partial charge < -0.3 is 31.5 Å². The van der Waals surface area contributed by atoms with Crippen LogP contribution in [-0.4, -0.2) is 52.3 Å². The van der Waals surface area contributed by atoms with Crippen molar-refractivity contribution in [1.29, 1.82) is 0 Å². The van der Waals surface area contributed by atoms with E-state index in [9.17, 15) is 19.1 Å². The van der Waals surface area contributed by atoms with Gasteiger partial charge in [-0.3, -0.25) is 15.4 Å². The average Bonchev–Trinajstić information content (AvgIpc) is 2.64. The molecule has 1 aromatic carbocycles. The molecule has 0 saturated carbocycles. The standard InChI is InChI=1S/C17H22FN7O3S/c1-25(2)5-6-29-17-22-15(27)13(16(28)23-17)14(26)21-11-4-3-9(7-10(11)18)12(8-19)24-20/h3-4,7-8,24H,5-6,19-20H2,1-2H3,(H,21,26)(H2,22,23,27,28)/b12-8-. The van der Waals surface area contributed by atoms with Crippen LogP contribution in [-0.2, 0) is 0 Å². The Morgan fingerprint density at radius 2 is 2.17 bits per heavy atom. The van der Waals surface area contributed by atoms with Crippen molar-refractivity contribution in [2.75, 3.05) is 31.7 Å². The van der Waals surface area contributed by atoms with Crippen molar-refractivity contribution in [2.45, 2.75) is 5.16 Å². The summed E-state index contributed by atoms with van der Waals surface area (Å²) in [4.78, 5) is 32.8. The van der Waals surface area contributed by atoms with Crippen molar-refractivity contribution < 1.29 is 14.3 Å². The third-order valence-corrected chi connectivity index (χ3v) is 4.59. The molecule has 0 aliphatic carbocycles. The van der Waals surface area contributed by atoms with Crippen LogP contribution in [0.1, 0.15) is 15.9 Å². The number of anilines is 1. The summed E-state index contributed by atoms with van der Waals surface area (Å²) in [5.74, 6) is 3.38. The Morgan fingerprint density at radius 1 is 1.45 bits per heavy atom. The van der Waals surface area contributed by atoms with Gasteiger partial charge in [0.1, 0.15) is 5.82 Å². The Bertz CT molecular complexity index is 978. The summed E-state index contributed by atoms with van der Waals surface area (Å²) in [7, 11) is 3.79. The van der Waals surface area contributed by atoms with Crippen molar-refractivity contribution >= 4 is 29.1 Å². The normalized spacial score (nSPS) is 11.6. The summed E-state index contributed by atoms with van der Waals surface area (Å²) in [6.07, 6.45) is 1.16. The Hall–Kier alpha value is -3.09. The van der Waals surface area contributed by atoms with Crippen LogP contribution >= 0.6 is 11.8 Å². The van der Waals surface area contributed by atoms with Crippen LogP contribution in [0.5, 0.6) is 5.88 Å². The summed E-state index contributed by atoms with van der Waals surface area (Å²) in [6, 6.07) is 3.83. The van der Waals surface area contributed by atoms with Gasteiger partial charge in [0.2, 0.25) is 5.88 Å². The van der Waals surface area contributed by atoms with Gasteiger partial charge in [0.15, 0.2) is 10.7 Å². The fourth-order valence-electron chi connectivity index (χ4n) is 2.24. The molecule has 0 unspecified atom stereocenters. The minimum atomic E-state index is -1.00. The van der Waals surface area contributed by atoms with Crippen molar-refractivity contribution in [3.8, 4) is 5.88 Å². The van der Waals surface area contributed by atoms with E-state index in [1.807, 2.05) is 19.0 Å². The maximum atomic E-state index is 14.3. The number of halogens is 1. The van der Waals surface area contributed by atoms with Crippen LogP contribution in [0, 0.1) is 5.82 Å². The molecule has 8 N–H and O–H groups in total. The number of thioether (sulfide) groups is 1. The molecule has 12 heteroatoms. The van der Waals surface area contributed by atoms with E-state index in [1.165, 1.54) is 23.9 Å². The smallest absolute Gasteiger partial charge is 0.268 e. The monoisotopic (exact) mass is 423 g/mol. The van der Waals surface area contributed by atoms with Gasteiger partial charge in [0, 0.05) is 24.1 Å². The summed E-state index contributed by atoms with van der Waals surface area (Å²) < 4.78 is 14.3. The van der Waals surface area contributed by atoms with Gasteiger partial charge in [0.05, 0.1) is 11.4 Å². The lowest BCUT2D eigenvalue weighted by Gasteiger charge is -2.11. The zero-order valence-corrected chi connectivity index (χ0v) is 16.6. The summed E-state index contributed by atoms with van der Waals surface area (Å²) >= 11 is 1.22. The largest absolute Gasteiger partial charge is 0.493 e. The lowest BCUT2D eigenvalue weighted by molar-refractivity contribution is 0.102. The Labute approximate surface area is 170 Å². The average molecular weight is 423 g/mol. The van der Waals surface area contributed by atoms with E-state index in [0.717, 1.165) is 18.8 Å². The first-order chi connectivity index (χ1) is 13.8. The number of aromatic hydroxyl groups is 1. The quantitative estimate of drug-likeness (QED) is 0.151. The van der Waals surface area contributed by atoms with Gasteiger partial charge in [-0.2, -0.15) is 4.98 Å². The van der Waals surface area contributed by atoms with Gasteiger partial charge in [0.25, 0.3) is 11.5 Å². The molecule has 0 saturated heterocycles. The fourth-order valence-corrected chi connectivity index (χ4v) is 3.20. The topological polar surface area (TPSA) is 162 Å². The maximum absolute atomic E-state index is 14.3. The second-order valence-corrected chi connectivity index (χ2v) is 7.18. The SMILES string of the molecule is CN(C)CCSc1nc(O)c(C(=O)Nc2ccc(/C(=C/N)NN)cc2F)c(=O)[nH]1. The number of hydrogen-bond acceptors (Lipinski definition) is 9. The molecular formula is C17H22FN7O3S. The lowest BCUT2D eigenvalue weighted by atomic mass is 10.1. The molecule has 2 aromatic rings. The van der Waals surface area contributed by atoms with Crippen LogP contribution in [0.4, 0.5) is 10.1 Å². The van der Waals surface area contributed by atoms with Gasteiger partial charge >= 0.3 is 0 Å². The van der Waals surface area contributed by atoms with E-state index in [2.05, 4.69) is 20.7 Å². The number of rotatable bonds is 8. The van der Waals surface area contributed by atoms with E-state index in [0.29, 0.717) is 11.3 Å². The fraction of sp³-hybridized carbons (Fsp3) is 0.235. The number of nitrogens with zero attached hydrogens (tertiary/aromatic N) is 2. The molecular weight excluding hydrogens is 401 g/mol. The van der Waals surface area contributed by atoms with Crippen LogP contribution in [0.15, 0.2) is 34.4 Å². The zero-order valence-electron chi connectivity index (χ0n) is 15.8. The number of aromatic nitrogens is 2. The van der Waals surface area contributed by atoms with E-state index < -0.39 is 28.7 Å². The number of H-pyrrole nitrogens is 1. The van der Waals surface area contributed by atoms with Crippen molar-refractivity contribution in [1.82, 2.24) is 20.3 Å². The first kappa shape index (κ1) is 22.2. The van der Waals surface area contributed by atoms with Crippen LogP contribution in [0.2, 0.25) is 0 Å². The Balaban J connectivity index is 2.20. The number of hydrazine groups is 1. The molecule has 29 heavy (non-hydrogen) atoms. The number of benzene rings is 1. The van der Waals surface area contributed by atoms with Crippen LogP contribution in [0.3, 0.4) is 0 Å². The van der Waals surface area contributed by atoms with Crippen molar-refractivity contribution in [3.63, 3.8) is 0 Å². The molecule has 156 valence electrons. The maximum Gasteiger partial charge on any atom is 0.268 e. The molecule has 1 heterocycles. The van der Waals surface area contributed by atoms with Gasteiger partial charge in [-0.15, -0.1) is 0 Å². The minimum absolute atomic E-state index is 0.178. The number of amides is 1. The first-order valence-electron chi connectivity index (χ1n) is 8.37. The third-order valence-electron chi connectivity index (χ3n) is 3.73. The molecule has 2 rings (SSSR count). The van der Waals surface area contributed by atoms with E-state index >= 15 is 0 Å². The number of carbonyl (C=O) groups excluding carboxylic acids is 1. The molecule has 0 bridgehead atoms. The zero-order chi connectivity index (χ0) is 21.6. The van der Waals surface area contributed by atoms with Crippen LogP contribution < -0.4 is 27.9 Å². The predicted octanol–water partition coefficient (Wildman–Crippen LogP) is 0.241. The number of carbonyl (C=O) groups is 1. The number of nitrogens with one attached hydrogen (secondary N) is 3. The Morgan fingerprint density at radius 3 is 2.72 bits per heavy atom. The van der Waals surface area contributed by atoms with E-state index in [-0.39, 0.29) is 16.5 Å².